The largest absolute Gasteiger partial charge is 0.475 e. The molecule has 5 nitrogen and oxygen atoms in total. The number of hydrogen-bond acceptors (Lipinski definition) is 5. The number of rotatable bonds is 6. The molecule has 1 aromatic rings. The molecule has 0 saturated heterocycles. The number of ether oxygens (including phenoxy) is 1. The van der Waals surface area contributed by atoms with Crippen LogP contribution in [0.2, 0.25) is 0 Å². The summed E-state index contributed by atoms with van der Waals surface area (Å²) < 4.78 is 5.66. The number of anilines is 1. The lowest BCUT2D eigenvalue weighted by atomic mass is 10.4. The van der Waals surface area contributed by atoms with Crippen molar-refractivity contribution in [2.24, 2.45) is 5.73 Å². The van der Waals surface area contributed by atoms with E-state index in [2.05, 4.69) is 14.9 Å². The summed E-state index contributed by atoms with van der Waals surface area (Å²) in [6.45, 7) is 7.38. The molecule has 1 aliphatic rings. The smallest absolute Gasteiger partial charge is 0.229 e. The van der Waals surface area contributed by atoms with Crippen molar-refractivity contribution in [2.75, 3.05) is 18.0 Å². The van der Waals surface area contributed by atoms with Crippen LogP contribution in [0.5, 0.6) is 5.88 Å². The summed E-state index contributed by atoms with van der Waals surface area (Å²) in [5.41, 5.74) is 6.59. The first-order chi connectivity index (χ1) is 8.60. The van der Waals surface area contributed by atoms with E-state index in [-0.39, 0.29) is 6.10 Å². The standard InChI is InChI=1S/C13H22N4O/c1-9(2)18-12-8-10(3)15-13(16-12)17(7-6-14)11-4-5-11/h8-9,11H,4-7,14H2,1-3H3. The topological polar surface area (TPSA) is 64.3 Å². The van der Waals surface area contributed by atoms with Crippen LogP contribution in [0.15, 0.2) is 6.07 Å². The summed E-state index contributed by atoms with van der Waals surface area (Å²) in [6.07, 6.45) is 2.53. The third kappa shape index (κ3) is 3.32. The van der Waals surface area contributed by atoms with Gasteiger partial charge in [-0.3, -0.25) is 0 Å². The minimum atomic E-state index is 0.121. The molecule has 0 bridgehead atoms. The van der Waals surface area contributed by atoms with Gasteiger partial charge in [0.05, 0.1) is 6.10 Å². The number of aromatic nitrogens is 2. The second kappa shape index (κ2) is 5.52. The van der Waals surface area contributed by atoms with Gasteiger partial charge in [0, 0.05) is 30.9 Å². The van der Waals surface area contributed by atoms with Crippen LogP contribution in [0.3, 0.4) is 0 Å². The molecule has 0 spiro atoms. The Morgan fingerprint density at radius 3 is 2.72 bits per heavy atom. The summed E-state index contributed by atoms with van der Waals surface area (Å²) in [5.74, 6) is 1.40. The first-order valence-electron chi connectivity index (χ1n) is 6.59. The molecule has 1 fully saturated rings. The van der Waals surface area contributed by atoms with Crippen LogP contribution in [0.4, 0.5) is 5.95 Å². The third-order valence-electron chi connectivity index (χ3n) is 2.79. The zero-order chi connectivity index (χ0) is 13.1. The normalized spacial score (nSPS) is 14.9. The quantitative estimate of drug-likeness (QED) is 0.829. The highest BCUT2D eigenvalue weighted by Crippen LogP contribution is 2.30. The summed E-state index contributed by atoms with van der Waals surface area (Å²) in [6, 6.07) is 2.43. The Bertz CT molecular complexity index is 404. The fourth-order valence-corrected chi connectivity index (χ4v) is 1.93. The van der Waals surface area contributed by atoms with Gasteiger partial charge in [0.1, 0.15) is 0 Å². The summed E-state index contributed by atoms with van der Waals surface area (Å²) in [5, 5.41) is 0. The van der Waals surface area contributed by atoms with Crippen molar-refractivity contribution >= 4 is 5.95 Å². The predicted octanol–water partition coefficient (Wildman–Crippen LogP) is 1.50. The molecule has 2 rings (SSSR count). The van der Waals surface area contributed by atoms with E-state index in [4.69, 9.17) is 10.5 Å². The Morgan fingerprint density at radius 2 is 2.17 bits per heavy atom. The van der Waals surface area contributed by atoms with Crippen LogP contribution in [0.1, 0.15) is 32.4 Å². The van der Waals surface area contributed by atoms with E-state index in [1.54, 1.807) is 0 Å². The lowest BCUT2D eigenvalue weighted by molar-refractivity contribution is 0.232. The highest BCUT2D eigenvalue weighted by molar-refractivity contribution is 5.37. The maximum Gasteiger partial charge on any atom is 0.229 e. The first-order valence-corrected chi connectivity index (χ1v) is 6.59. The van der Waals surface area contributed by atoms with Gasteiger partial charge in [-0.25, -0.2) is 4.98 Å². The van der Waals surface area contributed by atoms with Crippen molar-refractivity contribution in [2.45, 2.75) is 45.8 Å². The van der Waals surface area contributed by atoms with Crippen molar-refractivity contribution in [3.05, 3.63) is 11.8 Å². The van der Waals surface area contributed by atoms with Gasteiger partial charge in [-0.15, -0.1) is 0 Å². The van der Waals surface area contributed by atoms with Gasteiger partial charge in [-0.2, -0.15) is 4.98 Å². The van der Waals surface area contributed by atoms with E-state index in [9.17, 15) is 0 Å². The van der Waals surface area contributed by atoms with Crippen molar-refractivity contribution in [1.29, 1.82) is 0 Å². The average Bonchev–Trinajstić information content (AvgIpc) is 3.07. The SMILES string of the molecule is Cc1cc(OC(C)C)nc(N(CCN)C2CC2)n1. The molecule has 1 aliphatic carbocycles. The monoisotopic (exact) mass is 250 g/mol. The molecule has 1 heterocycles. The minimum absolute atomic E-state index is 0.121. The summed E-state index contributed by atoms with van der Waals surface area (Å²) in [4.78, 5) is 11.2. The Kier molecular flexibility index (Phi) is 4.01. The first kappa shape index (κ1) is 13.1. The number of nitrogens with two attached hydrogens (primary N) is 1. The lowest BCUT2D eigenvalue weighted by Crippen LogP contribution is -2.33. The fourth-order valence-electron chi connectivity index (χ4n) is 1.93. The molecular formula is C13H22N4O. The molecule has 5 heteroatoms. The Labute approximate surface area is 108 Å². The van der Waals surface area contributed by atoms with Crippen LogP contribution in [-0.4, -0.2) is 35.2 Å². The molecule has 0 radical (unpaired) electrons. The van der Waals surface area contributed by atoms with E-state index in [1.165, 1.54) is 12.8 Å². The van der Waals surface area contributed by atoms with Gasteiger partial charge in [0.2, 0.25) is 11.8 Å². The van der Waals surface area contributed by atoms with Crippen LogP contribution >= 0.6 is 0 Å². The van der Waals surface area contributed by atoms with Crippen LogP contribution < -0.4 is 15.4 Å². The van der Waals surface area contributed by atoms with E-state index < -0.39 is 0 Å². The van der Waals surface area contributed by atoms with E-state index in [1.807, 2.05) is 26.8 Å². The Hall–Kier alpha value is -1.36. The van der Waals surface area contributed by atoms with Gasteiger partial charge in [-0.1, -0.05) is 0 Å². The summed E-state index contributed by atoms with van der Waals surface area (Å²) >= 11 is 0. The fraction of sp³-hybridized carbons (Fsp3) is 0.692. The van der Waals surface area contributed by atoms with Gasteiger partial charge < -0.3 is 15.4 Å². The third-order valence-corrected chi connectivity index (χ3v) is 2.79. The second-order valence-electron chi connectivity index (χ2n) is 5.03. The van der Waals surface area contributed by atoms with Crippen molar-refractivity contribution in [1.82, 2.24) is 9.97 Å². The zero-order valence-corrected chi connectivity index (χ0v) is 11.4. The number of aryl methyl sites for hydroxylation is 1. The molecule has 0 aliphatic heterocycles. The minimum Gasteiger partial charge on any atom is -0.475 e. The maximum absolute atomic E-state index is 5.66. The van der Waals surface area contributed by atoms with Crippen LogP contribution in [-0.2, 0) is 0 Å². The molecule has 0 unspecified atom stereocenters. The van der Waals surface area contributed by atoms with Gasteiger partial charge >= 0.3 is 0 Å². The van der Waals surface area contributed by atoms with Crippen molar-refractivity contribution in [3.8, 4) is 5.88 Å². The van der Waals surface area contributed by atoms with Crippen LogP contribution in [0, 0.1) is 6.92 Å². The lowest BCUT2D eigenvalue weighted by Gasteiger charge is -2.22. The molecule has 1 aromatic heterocycles. The van der Waals surface area contributed by atoms with Crippen molar-refractivity contribution in [3.63, 3.8) is 0 Å². The predicted molar refractivity (Wildman–Crippen MR) is 72.0 cm³/mol. The van der Waals surface area contributed by atoms with E-state index in [0.29, 0.717) is 18.5 Å². The zero-order valence-electron chi connectivity index (χ0n) is 11.4. The summed E-state index contributed by atoms with van der Waals surface area (Å²) in [7, 11) is 0. The number of hydrogen-bond donors (Lipinski definition) is 1. The second-order valence-corrected chi connectivity index (χ2v) is 5.03. The van der Waals surface area contributed by atoms with Gasteiger partial charge in [0.15, 0.2) is 0 Å². The molecule has 0 atom stereocenters. The molecular weight excluding hydrogens is 228 g/mol. The average molecular weight is 250 g/mol. The van der Waals surface area contributed by atoms with E-state index in [0.717, 1.165) is 18.2 Å². The highest BCUT2D eigenvalue weighted by Gasteiger charge is 2.30. The van der Waals surface area contributed by atoms with Gasteiger partial charge in [0.25, 0.3) is 0 Å². The van der Waals surface area contributed by atoms with Crippen molar-refractivity contribution < 1.29 is 4.74 Å². The molecule has 100 valence electrons. The molecule has 18 heavy (non-hydrogen) atoms. The number of nitrogens with zero attached hydrogens (tertiary/aromatic N) is 3. The van der Waals surface area contributed by atoms with Crippen LogP contribution in [0.25, 0.3) is 0 Å². The molecule has 1 saturated carbocycles. The van der Waals surface area contributed by atoms with E-state index >= 15 is 0 Å². The Balaban J connectivity index is 2.22. The Morgan fingerprint density at radius 1 is 1.44 bits per heavy atom. The maximum atomic E-state index is 5.66. The highest BCUT2D eigenvalue weighted by atomic mass is 16.5. The molecule has 0 amide bonds. The molecule has 0 aromatic carbocycles. The molecule has 2 N–H and O–H groups in total. The van der Waals surface area contributed by atoms with Gasteiger partial charge in [-0.05, 0) is 33.6 Å².